The van der Waals surface area contributed by atoms with E-state index in [1.165, 1.54) is 135 Å². The minimum atomic E-state index is -0.754. The molecule has 0 aliphatic rings. The van der Waals surface area contributed by atoms with Crippen LogP contribution in [-0.4, -0.2) is 37.2 Å². The number of ether oxygens (including phenoxy) is 3. The molecule has 0 aliphatic carbocycles. The van der Waals surface area contributed by atoms with Gasteiger partial charge in [0, 0.05) is 19.3 Å². The van der Waals surface area contributed by atoms with Gasteiger partial charge >= 0.3 is 17.9 Å². The molecule has 49 heavy (non-hydrogen) atoms. The van der Waals surface area contributed by atoms with Crippen LogP contribution in [0.25, 0.3) is 0 Å². The second kappa shape index (κ2) is 39.2. The number of hydrogen-bond acceptors (Lipinski definition) is 6. The summed E-state index contributed by atoms with van der Waals surface area (Å²) in [6.07, 6.45) is 38.5. The molecule has 0 aliphatic heterocycles. The van der Waals surface area contributed by atoms with Crippen LogP contribution in [0.2, 0.25) is 0 Å². The lowest BCUT2D eigenvalue weighted by Gasteiger charge is -2.18. The van der Waals surface area contributed by atoms with E-state index in [4.69, 9.17) is 14.2 Å². The molecule has 0 spiro atoms. The summed E-state index contributed by atoms with van der Waals surface area (Å²) in [5, 5.41) is 0. The van der Waals surface area contributed by atoms with E-state index in [9.17, 15) is 14.4 Å². The van der Waals surface area contributed by atoms with E-state index in [1.807, 2.05) is 0 Å². The average molecular weight is 695 g/mol. The van der Waals surface area contributed by atoms with E-state index in [1.54, 1.807) is 0 Å². The second-order valence-electron chi connectivity index (χ2n) is 14.6. The number of rotatable bonds is 39. The van der Waals surface area contributed by atoms with Crippen LogP contribution in [-0.2, 0) is 28.6 Å². The number of carbonyl (C=O) groups excluding carboxylic acids is 3. The van der Waals surface area contributed by atoms with Crippen molar-refractivity contribution in [3.8, 4) is 0 Å². The third kappa shape index (κ3) is 37.5. The Bertz CT molecular complexity index is 723. The van der Waals surface area contributed by atoms with Gasteiger partial charge in [0.1, 0.15) is 13.2 Å². The van der Waals surface area contributed by atoms with Gasteiger partial charge in [-0.25, -0.2) is 0 Å². The van der Waals surface area contributed by atoms with Gasteiger partial charge in [0.2, 0.25) is 0 Å². The quantitative estimate of drug-likeness (QED) is 0.0362. The molecule has 1 unspecified atom stereocenters. The maximum absolute atomic E-state index is 12.5. The highest BCUT2D eigenvalue weighted by Crippen LogP contribution is 2.16. The van der Waals surface area contributed by atoms with Crippen molar-refractivity contribution in [2.75, 3.05) is 13.2 Å². The Morgan fingerprint density at radius 3 is 0.816 bits per heavy atom. The number of unbranched alkanes of at least 4 members (excludes halogenated alkanes) is 28. The lowest BCUT2D eigenvalue weighted by molar-refractivity contribution is -0.167. The molecule has 6 heteroatoms. The first-order valence-electron chi connectivity index (χ1n) is 21.5. The fraction of sp³-hybridized carbons (Fsp3) is 0.930. The minimum Gasteiger partial charge on any atom is -0.462 e. The smallest absolute Gasteiger partial charge is 0.306 e. The zero-order valence-electron chi connectivity index (χ0n) is 33.0. The van der Waals surface area contributed by atoms with Crippen molar-refractivity contribution in [3.05, 3.63) is 0 Å². The molecule has 1 atom stereocenters. The zero-order valence-corrected chi connectivity index (χ0v) is 33.0. The molecule has 0 saturated heterocycles. The molecule has 0 saturated carbocycles. The van der Waals surface area contributed by atoms with Crippen molar-refractivity contribution >= 4 is 17.9 Å². The third-order valence-corrected chi connectivity index (χ3v) is 9.61. The lowest BCUT2D eigenvalue weighted by Crippen LogP contribution is -2.30. The van der Waals surface area contributed by atoms with E-state index >= 15 is 0 Å². The Hall–Kier alpha value is -1.59. The van der Waals surface area contributed by atoms with E-state index in [0.717, 1.165) is 64.2 Å². The highest BCUT2D eigenvalue weighted by molar-refractivity contribution is 5.71. The molecular weight excluding hydrogens is 612 g/mol. The number of hydrogen-bond donors (Lipinski definition) is 0. The maximum atomic E-state index is 12.5. The SMILES string of the molecule is CCCCCCCCCCCCCCCCCCCCCC(=O)OCC(COC(=O)CCCCCCCCC)OC(=O)CCCCCCC. The second-order valence-corrected chi connectivity index (χ2v) is 14.6. The molecule has 0 heterocycles. The molecule has 0 fully saturated rings. The van der Waals surface area contributed by atoms with E-state index in [2.05, 4.69) is 20.8 Å². The molecule has 0 bridgehead atoms. The summed E-state index contributed by atoms with van der Waals surface area (Å²) in [6.45, 7) is 6.52. The summed E-state index contributed by atoms with van der Waals surface area (Å²) in [5.41, 5.74) is 0. The van der Waals surface area contributed by atoms with Crippen molar-refractivity contribution in [3.63, 3.8) is 0 Å². The van der Waals surface area contributed by atoms with Crippen LogP contribution in [0.5, 0.6) is 0 Å². The largest absolute Gasteiger partial charge is 0.462 e. The van der Waals surface area contributed by atoms with Gasteiger partial charge in [0.15, 0.2) is 6.10 Å². The normalized spacial score (nSPS) is 11.8. The first kappa shape index (κ1) is 47.4. The predicted molar refractivity (Wildman–Crippen MR) is 206 cm³/mol. The molecule has 0 radical (unpaired) electrons. The highest BCUT2D eigenvalue weighted by atomic mass is 16.6. The van der Waals surface area contributed by atoms with Crippen molar-refractivity contribution in [2.24, 2.45) is 0 Å². The summed E-state index contributed by atoms with van der Waals surface area (Å²) in [5.74, 6) is -0.879. The molecule has 6 nitrogen and oxygen atoms in total. The number of esters is 3. The van der Waals surface area contributed by atoms with Crippen LogP contribution in [0.15, 0.2) is 0 Å². The van der Waals surface area contributed by atoms with Gasteiger partial charge in [-0.05, 0) is 19.3 Å². The maximum Gasteiger partial charge on any atom is 0.306 e. The van der Waals surface area contributed by atoms with Gasteiger partial charge in [-0.15, -0.1) is 0 Å². The topological polar surface area (TPSA) is 78.9 Å². The molecule has 0 rings (SSSR count). The molecule has 0 N–H and O–H groups in total. The number of carbonyl (C=O) groups is 3. The average Bonchev–Trinajstić information content (AvgIpc) is 3.09. The zero-order chi connectivity index (χ0) is 35.9. The summed E-state index contributed by atoms with van der Waals surface area (Å²) in [6, 6.07) is 0. The van der Waals surface area contributed by atoms with E-state index in [-0.39, 0.29) is 31.1 Å². The first-order valence-corrected chi connectivity index (χ1v) is 21.5. The molecule has 0 amide bonds. The Labute approximate surface area is 304 Å². The Morgan fingerprint density at radius 2 is 0.551 bits per heavy atom. The Balaban J connectivity index is 4.01. The fourth-order valence-corrected chi connectivity index (χ4v) is 6.32. The summed E-state index contributed by atoms with van der Waals surface area (Å²) in [7, 11) is 0. The van der Waals surface area contributed by atoms with Crippen molar-refractivity contribution in [1.29, 1.82) is 0 Å². The predicted octanol–water partition coefficient (Wildman–Crippen LogP) is 13.3. The van der Waals surface area contributed by atoms with Gasteiger partial charge in [0.05, 0.1) is 0 Å². The van der Waals surface area contributed by atoms with Crippen LogP contribution in [0.3, 0.4) is 0 Å². The van der Waals surface area contributed by atoms with E-state index < -0.39 is 6.10 Å². The van der Waals surface area contributed by atoms with Crippen LogP contribution in [0, 0.1) is 0 Å². The fourth-order valence-electron chi connectivity index (χ4n) is 6.32. The van der Waals surface area contributed by atoms with Gasteiger partial charge in [-0.2, -0.15) is 0 Å². The van der Waals surface area contributed by atoms with Crippen molar-refractivity contribution in [1.82, 2.24) is 0 Å². The molecule has 290 valence electrons. The summed E-state index contributed by atoms with van der Waals surface area (Å²) in [4.78, 5) is 37.2. The molecular formula is C43H82O6. The highest BCUT2D eigenvalue weighted by Gasteiger charge is 2.19. The Kier molecular flexibility index (Phi) is 37.9. The summed E-state index contributed by atoms with van der Waals surface area (Å²) < 4.78 is 16.5. The van der Waals surface area contributed by atoms with Crippen LogP contribution in [0.1, 0.15) is 239 Å². The van der Waals surface area contributed by atoms with Gasteiger partial charge in [0.25, 0.3) is 0 Å². The van der Waals surface area contributed by atoms with Crippen LogP contribution >= 0.6 is 0 Å². The third-order valence-electron chi connectivity index (χ3n) is 9.61. The van der Waals surface area contributed by atoms with Crippen LogP contribution in [0.4, 0.5) is 0 Å². The van der Waals surface area contributed by atoms with Gasteiger partial charge < -0.3 is 14.2 Å². The standard InChI is InChI=1S/C43H82O6/c1-4-7-10-13-15-16-17-18-19-20-21-22-23-24-25-26-28-31-33-36-42(45)48-39-40(49-43(46)37-34-29-12-9-6-3)38-47-41(44)35-32-30-27-14-11-8-5-2/h40H,4-39H2,1-3H3. The van der Waals surface area contributed by atoms with E-state index in [0.29, 0.717) is 19.3 Å². The lowest BCUT2D eigenvalue weighted by atomic mass is 10.0. The summed E-state index contributed by atoms with van der Waals surface area (Å²) >= 11 is 0. The van der Waals surface area contributed by atoms with Gasteiger partial charge in [-0.3, -0.25) is 14.4 Å². The minimum absolute atomic E-state index is 0.0652. The molecule has 0 aromatic carbocycles. The van der Waals surface area contributed by atoms with Crippen molar-refractivity contribution < 1.29 is 28.6 Å². The molecule has 0 aromatic rings. The van der Waals surface area contributed by atoms with Gasteiger partial charge in [-0.1, -0.05) is 201 Å². The molecule has 0 aromatic heterocycles. The van der Waals surface area contributed by atoms with Crippen molar-refractivity contribution in [2.45, 2.75) is 245 Å². The monoisotopic (exact) mass is 695 g/mol. The first-order chi connectivity index (χ1) is 24.0. The Morgan fingerprint density at radius 1 is 0.327 bits per heavy atom. The van der Waals surface area contributed by atoms with Crippen LogP contribution < -0.4 is 0 Å².